The fourth-order valence-electron chi connectivity index (χ4n) is 7.91. The molecule has 64 heavy (non-hydrogen) atoms. The average Bonchev–Trinajstić information content (AvgIpc) is 3.94. The van der Waals surface area contributed by atoms with Crippen molar-refractivity contribution in [1.29, 1.82) is 0 Å². The monoisotopic (exact) mass is 891 g/mol. The van der Waals surface area contributed by atoms with Crippen LogP contribution in [0.4, 0.5) is 23.2 Å². The van der Waals surface area contributed by atoms with Crippen molar-refractivity contribution in [2.24, 2.45) is 11.8 Å². The summed E-state index contributed by atoms with van der Waals surface area (Å²) in [6.07, 6.45) is 2.29. The van der Waals surface area contributed by atoms with Crippen LogP contribution >= 0.6 is 0 Å². The third-order valence-corrected chi connectivity index (χ3v) is 10.9. The van der Waals surface area contributed by atoms with Crippen LogP contribution in [0.5, 0.6) is 0 Å². The zero-order valence-corrected chi connectivity index (χ0v) is 36.6. The van der Waals surface area contributed by atoms with E-state index in [1.165, 1.54) is 11.8 Å². The first-order chi connectivity index (χ1) is 30.4. The maximum atomic E-state index is 15.5. The van der Waals surface area contributed by atoms with Crippen LogP contribution < -0.4 is 10.6 Å². The molecule has 3 aromatic rings. The number of nitrogens with one attached hydrogen (secondary N) is 2. The van der Waals surface area contributed by atoms with Crippen molar-refractivity contribution in [2.45, 2.75) is 77.8 Å². The predicted octanol–water partition coefficient (Wildman–Crippen LogP) is 5.19. The number of ether oxygens (including phenoxy) is 4. The first-order valence-electron chi connectivity index (χ1n) is 21.3. The van der Waals surface area contributed by atoms with Gasteiger partial charge in [-0.15, -0.1) is 0 Å². The lowest BCUT2D eigenvalue weighted by Gasteiger charge is -2.40. The minimum Gasteiger partial charge on any atom is -0.464 e. The van der Waals surface area contributed by atoms with Gasteiger partial charge in [-0.1, -0.05) is 30.3 Å². The van der Waals surface area contributed by atoms with E-state index in [2.05, 4.69) is 10.6 Å². The Morgan fingerprint density at radius 3 is 2.38 bits per heavy atom. The first kappa shape index (κ1) is 47.1. The highest BCUT2D eigenvalue weighted by Crippen LogP contribution is 2.39. The number of halogens is 2. The lowest BCUT2D eigenvalue weighted by atomic mass is 9.89. The number of alkyl carbamates (subject to hydrolysis) is 1. The molecule has 0 saturated carbocycles. The molecule has 344 valence electrons. The van der Waals surface area contributed by atoms with Crippen LogP contribution in [0.2, 0.25) is 0 Å². The second-order valence-corrected chi connectivity index (χ2v) is 17.1. The van der Waals surface area contributed by atoms with Crippen molar-refractivity contribution in [2.75, 3.05) is 52.5 Å². The normalized spacial score (nSPS) is 18.7. The summed E-state index contributed by atoms with van der Waals surface area (Å²) in [7, 11) is 0. The van der Waals surface area contributed by atoms with E-state index >= 15 is 4.39 Å². The lowest BCUT2D eigenvalue weighted by molar-refractivity contribution is -0.141. The Morgan fingerprint density at radius 2 is 1.70 bits per heavy atom. The van der Waals surface area contributed by atoms with Crippen molar-refractivity contribution in [1.82, 2.24) is 34.9 Å². The molecule has 19 heteroatoms. The van der Waals surface area contributed by atoms with E-state index in [9.17, 15) is 33.2 Å². The molecule has 6 rings (SSSR count). The van der Waals surface area contributed by atoms with Gasteiger partial charge in [-0.25, -0.2) is 28.1 Å². The predicted molar refractivity (Wildman–Crippen MR) is 226 cm³/mol. The molecule has 3 aliphatic rings. The van der Waals surface area contributed by atoms with Crippen molar-refractivity contribution in [3.05, 3.63) is 89.9 Å². The Labute approximate surface area is 370 Å². The topological polar surface area (TPSA) is 191 Å². The van der Waals surface area contributed by atoms with Gasteiger partial charge in [-0.05, 0) is 70.2 Å². The molecular weight excluding hydrogens is 837 g/mol. The quantitative estimate of drug-likeness (QED) is 0.116. The molecular formula is C45H55F2N7O10. The molecule has 2 N–H and O–H groups in total. The number of rotatable bonds is 15. The van der Waals surface area contributed by atoms with Crippen LogP contribution in [0.25, 0.3) is 11.3 Å². The van der Waals surface area contributed by atoms with Crippen molar-refractivity contribution < 1.29 is 56.5 Å². The number of imidazole rings is 1. The third-order valence-electron chi connectivity index (χ3n) is 10.9. The summed E-state index contributed by atoms with van der Waals surface area (Å²) in [5.74, 6) is -3.62. The number of hydrogen-bond acceptors (Lipinski definition) is 11. The molecule has 2 saturated heterocycles. The number of esters is 1. The van der Waals surface area contributed by atoms with Crippen LogP contribution in [0, 0.1) is 23.5 Å². The van der Waals surface area contributed by atoms with Gasteiger partial charge >= 0.3 is 24.2 Å². The van der Waals surface area contributed by atoms with Crippen LogP contribution in [0.15, 0.2) is 66.9 Å². The number of carbonyl (C=O) groups is 6. The van der Waals surface area contributed by atoms with Gasteiger partial charge < -0.3 is 43.9 Å². The minimum absolute atomic E-state index is 0.0131. The summed E-state index contributed by atoms with van der Waals surface area (Å²) in [4.78, 5) is 86.8. The van der Waals surface area contributed by atoms with Crippen molar-refractivity contribution >= 4 is 36.0 Å². The van der Waals surface area contributed by atoms with E-state index in [0.29, 0.717) is 31.9 Å². The maximum Gasteiger partial charge on any atom is 0.410 e. The first-order valence-corrected chi connectivity index (χ1v) is 21.3. The summed E-state index contributed by atoms with van der Waals surface area (Å²) in [5, 5.41) is 5.52. The third kappa shape index (κ3) is 12.4. The number of carbonyl (C=O) groups excluding carboxylic acids is 6. The Balaban J connectivity index is 1.41. The number of urea groups is 1. The van der Waals surface area contributed by atoms with Gasteiger partial charge in [0.2, 0.25) is 0 Å². The molecule has 1 aromatic heterocycles. The Bertz CT molecular complexity index is 2190. The summed E-state index contributed by atoms with van der Waals surface area (Å²) in [5.41, 5.74) is 0.0474. The second-order valence-electron chi connectivity index (χ2n) is 17.1. The maximum absolute atomic E-state index is 15.5. The highest BCUT2D eigenvalue weighted by Gasteiger charge is 2.45. The number of benzene rings is 2. The molecule has 3 aliphatic heterocycles. The molecule has 2 fully saturated rings. The summed E-state index contributed by atoms with van der Waals surface area (Å²) in [6, 6.07) is 10.4. The van der Waals surface area contributed by atoms with Gasteiger partial charge in [0, 0.05) is 82.7 Å². The number of nitrogens with zero attached hydrogens (tertiary/aromatic N) is 5. The van der Waals surface area contributed by atoms with Gasteiger partial charge in [0.1, 0.15) is 35.8 Å². The molecule has 17 nitrogen and oxygen atoms in total. The largest absolute Gasteiger partial charge is 0.464 e. The highest BCUT2D eigenvalue weighted by atomic mass is 19.1. The molecule has 0 radical (unpaired) electrons. The van der Waals surface area contributed by atoms with E-state index in [-0.39, 0.29) is 63.1 Å². The number of hydrogen-bond donors (Lipinski definition) is 2. The molecule has 0 aliphatic carbocycles. The van der Waals surface area contributed by atoms with Gasteiger partial charge in [0.05, 0.1) is 24.3 Å². The standard InChI is InChI=1S/C45H55F2N7O10/c1-28(27-62-29(2)55)49-42(58)54(24-32-23-52(44(60)64-45(3,4)5)26-37(32)63-43(59)48-17-18-53-38(56)13-14-39(53)57)40(31-15-19-61-20-16-31)41-50-36(34-21-33(46)11-12-35(34)47)25-51(41)22-30-9-7-6-8-10-30/h6-14,21,25,28,31-32,37,40H,15-20,22-24,26-27H2,1-5H3,(H,48,59)(H,49,58)/t28-,32+,37-,40-/m1/s1. The van der Waals surface area contributed by atoms with E-state index in [4.69, 9.17) is 23.9 Å². The van der Waals surface area contributed by atoms with Crippen molar-refractivity contribution in [3.63, 3.8) is 0 Å². The molecule has 0 unspecified atom stereocenters. The zero-order chi connectivity index (χ0) is 46.1. The second kappa shape index (κ2) is 20.9. The molecule has 4 atom stereocenters. The average molecular weight is 892 g/mol. The fraction of sp³-hybridized carbons (Fsp3) is 0.489. The van der Waals surface area contributed by atoms with Crippen LogP contribution in [-0.2, 0) is 39.9 Å². The Kier molecular flexibility index (Phi) is 15.4. The number of aromatic nitrogens is 2. The van der Waals surface area contributed by atoms with E-state index in [1.807, 2.05) is 34.9 Å². The van der Waals surface area contributed by atoms with E-state index in [1.54, 1.807) is 38.8 Å². The number of amides is 6. The highest BCUT2D eigenvalue weighted by molar-refractivity contribution is 6.12. The molecule has 6 amide bonds. The van der Waals surface area contributed by atoms with Gasteiger partial charge in [-0.3, -0.25) is 19.3 Å². The van der Waals surface area contributed by atoms with Crippen LogP contribution in [0.3, 0.4) is 0 Å². The zero-order valence-electron chi connectivity index (χ0n) is 36.6. The molecule has 4 heterocycles. The van der Waals surface area contributed by atoms with Crippen LogP contribution in [-0.4, -0.2) is 131 Å². The number of likely N-dealkylation sites (tertiary alicyclic amines) is 1. The molecule has 2 aromatic carbocycles. The van der Waals surface area contributed by atoms with E-state index < -0.39 is 77.3 Å². The Hall–Kier alpha value is -6.37. The van der Waals surface area contributed by atoms with Crippen molar-refractivity contribution in [3.8, 4) is 11.3 Å². The summed E-state index contributed by atoms with van der Waals surface area (Å²) in [6.45, 7) is 8.40. The smallest absolute Gasteiger partial charge is 0.410 e. The van der Waals surface area contributed by atoms with Gasteiger partial charge in [0.15, 0.2) is 0 Å². The van der Waals surface area contributed by atoms with Gasteiger partial charge in [-0.2, -0.15) is 0 Å². The Morgan fingerprint density at radius 1 is 1.00 bits per heavy atom. The summed E-state index contributed by atoms with van der Waals surface area (Å²) < 4.78 is 54.6. The SMILES string of the molecule is CC(=O)OC[C@@H](C)NC(=O)N(C[C@@H]1CN(C(=O)OC(C)(C)C)C[C@H]1OC(=O)NCCN1C(=O)C=CC1=O)[C@@H](c1nc(-c2cc(F)ccc2F)cn1Cc1ccccc1)C1CCOCC1. The fourth-order valence-corrected chi connectivity index (χ4v) is 7.91. The lowest BCUT2D eigenvalue weighted by Crippen LogP contribution is -2.52. The number of imide groups is 1. The van der Waals surface area contributed by atoms with Gasteiger partial charge in [0.25, 0.3) is 11.8 Å². The van der Waals surface area contributed by atoms with E-state index in [0.717, 1.165) is 40.8 Å². The minimum atomic E-state index is -1.01. The summed E-state index contributed by atoms with van der Waals surface area (Å²) >= 11 is 0. The molecule has 0 bridgehead atoms. The molecule has 0 spiro atoms. The van der Waals surface area contributed by atoms with Crippen LogP contribution in [0.1, 0.15) is 64.9 Å².